The summed E-state index contributed by atoms with van der Waals surface area (Å²) in [6.45, 7) is 6.95. The molecule has 0 bridgehead atoms. The monoisotopic (exact) mass is 333 g/mol. The van der Waals surface area contributed by atoms with Gasteiger partial charge in [0.2, 0.25) is 5.91 Å². The molecule has 2 aliphatic heterocycles. The first-order valence-electron chi connectivity index (χ1n) is 9.14. The van der Waals surface area contributed by atoms with E-state index in [1.165, 1.54) is 25.1 Å². The molecular formula is C19H28FN3O. The zero-order valence-electron chi connectivity index (χ0n) is 14.5. The highest BCUT2D eigenvalue weighted by molar-refractivity contribution is 5.79. The second-order valence-electron chi connectivity index (χ2n) is 7.09. The van der Waals surface area contributed by atoms with Crippen molar-refractivity contribution in [2.75, 3.05) is 26.2 Å². The van der Waals surface area contributed by atoms with Gasteiger partial charge < -0.3 is 15.1 Å². The highest BCUT2D eigenvalue weighted by Gasteiger charge is 2.31. The van der Waals surface area contributed by atoms with Gasteiger partial charge in [-0.05, 0) is 56.6 Å². The van der Waals surface area contributed by atoms with Gasteiger partial charge in [-0.2, -0.15) is 0 Å². The molecule has 0 spiro atoms. The van der Waals surface area contributed by atoms with Crippen LogP contribution in [-0.4, -0.2) is 54.0 Å². The van der Waals surface area contributed by atoms with Crippen LogP contribution in [0.25, 0.3) is 0 Å². The lowest BCUT2D eigenvalue weighted by atomic mass is 10.0. The first-order valence-corrected chi connectivity index (χ1v) is 9.14. The quantitative estimate of drug-likeness (QED) is 0.868. The maximum atomic E-state index is 13.3. The first kappa shape index (κ1) is 17.4. The summed E-state index contributed by atoms with van der Waals surface area (Å²) in [5, 5.41) is 3.67. The summed E-state index contributed by atoms with van der Waals surface area (Å²) in [7, 11) is 0. The van der Waals surface area contributed by atoms with Crippen LogP contribution in [0.2, 0.25) is 0 Å². The molecular weight excluding hydrogens is 305 g/mol. The Balaban J connectivity index is 1.47. The number of carbonyl (C=O) groups is 1. The molecule has 24 heavy (non-hydrogen) atoms. The van der Waals surface area contributed by atoms with E-state index in [0.29, 0.717) is 19.0 Å². The van der Waals surface area contributed by atoms with Crippen molar-refractivity contribution in [1.29, 1.82) is 0 Å². The van der Waals surface area contributed by atoms with Crippen molar-refractivity contribution in [1.82, 2.24) is 15.1 Å². The molecule has 1 atom stereocenters. The fraction of sp³-hybridized carbons (Fsp3) is 0.632. The molecule has 0 radical (unpaired) electrons. The number of piperidine rings is 1. The summed E-state index contributed by atoms with van der Waals surface area (Å²) in [5.74, 6) is -0.0761. The molecule has 0 aliphatic carbocycles. The van der Waals surface area contributed by atoms with E-state index in [1.807, 2.05) is 11.0 Å². The SMILES string of the molecule is CCCN1CCC(NC2CC(=O)N(Cc3cccc(F)c3)C2)CC1. The predicted molar refractivity (Wildman–Crippen MR) is 93.1 cm³/mol. The minimum Gasteiger partial charge on any atom is -0.337 e. The molecule has 1 amide bonds. The van der Waals surface area contributed by atoms with Crippen molar-refractivity contribution < 1.29 is 9.18 Å². The van der Waals surface area contributed by atoms with Crippen LogP contribution in [0.3, 0.4) is 0 Å². The van der Waals surface area contributed by atoms with Crippen molar-refractivity contribution in [3.8, 4) is 0 Å². The van der Waals surface area contributed by atoms with Crippen LogP contribution in [0.1, 0.15) is 38.2 Å². The second-order valence-corrected chi connectivity index (χ2v) is 7.09. The van der Waals surface area contributed by atoms with Crippen LogP contribution < -0.4 is 5.32 Å². The third kappa shape index (κ3) is 4.54. The van der Waals surface area contributed by atoms with E-state index < -0.39 is 0 Å². The molecule has 1 unspecified atom stereocenters. The molecule has 3 rings (SSSR count). The van der Waals surface area contributed by atoms with Gasteiger partial charge in [-0.15, -0.1) is 0 Å². The molecule has 2 fully saturated rings. The highest BCUT2D eigenvalue weighted by Crippen LogP contribution is 2.18. The number of hydrogen-bond acceptors (Lipinski definition) is 3. The van der Waals surface area contributed by atoms with Crippen molar-refractivity contribution >= 4 is 5.91 Å². The molecule has 2 aliphatic rings. The van der Waals surface area contributed by atoms with Crippen LogP contribution >= 0.6 is 0 Å². The summed E-state index contributed by atoms with van der Waals surface area (Å²) in [6.07, 6.45) is 4.10. The number of nitrogens with one attached hydrogen (secondary N) is 1. The summed E-state index contributed by atoms with van der Waals surface area (Å²) in [5.41, 5.74) is 0.858. The van der Waals surface area contributed by atoms with Gasteiger partial charge in [0.15, 0.2) is 0 Å². The average Bonchev–Trinajstić information content (AvgIpc) is 2.89. The van der Waals surface area contributed by atoms with Gasteiger partial charge in [-0.1, -0.05) is 19.1 Å². The van der Waals surface area contributed by atoms with Crippen molar-refractivity contribution in [3.05, 3.63) is 35.6 Å². The Hall–Kier alpha value is -1.46. The number of amides is 1. The molecule has 4 nitrogen and oxygen atoms in total. The minimum absolute atomic E-state index is 0.167. The smallest absolute Gasteiger partial charge is 0.224 e. The second kappa shape index (κ2) is 8.08. The largest absolute Gasteiger partial charge is 0.337 e. The minimum atomic E-state index is -0.243. The maximum absolute atomic E-state index is 13.3. The Kier molecular flexibility index (Phi) is 5.85. The zero-order chi connectivity index (χ0) is 16.9. The summed E-state index contributed by atoms with van der Waals surface area (Å²) >= 11 is 0. The lowest BCUT2D eigenvalue weighted by Gasteiger charge is -2.33. The first-order chi connectivity index (χ1) is 11.6. The number of halogens is 1. The molecule has 132 valence electrons. The third-order valence-corrected chi connectivity index (χ3v) is 5.08. The molecule has 5 heteroatoms. The van der Waals surface area contributed by atoms with E-state index in [0.717, 1.165) is 38.0 Å². The molecule has 2 saturated heterocycles. The molecule has 1 N–H and O–H groups in total. The lowest BCUT2D eigenvalue weighted by Crippen LogP contribution is -2.47. The maximum Gasteiger partial charge on any atom is 0.224 e. The van der Waals surface area contributed by atoms with E-state index >= 15 is 0 Å². The van der Waals surface area contributed by atoms with Crippen LogP contribution in [0.4, 0.5) is 4.39 Å². The predicted octanol–water partition coefficient (Wildman–Crippen LogP) is 2.39. The normalized spacial score (nSPS) is 23.2. The van der Waals surface area contributed by atoms with Crippen LogP contribution in [0, 0.1) is 5.82 Å². The van der Waals surface area contributed by atoms with Gasteiger partial charge in [-0.25, -0.2) is 4.39 Å². The van der Waals surface area contributed by atoms with E-state index in [9.17, 15) is 9.18 Å². The van der Waals surface area contributed by atoms with Crippen molar-refractivity contribution in [3.63, 3.8) is 0 Å². The Morgan fingerprint density at radius 2 is 2.04 bits per heavy atom. The molecule has 1 aromatic rings. The average molecular weight is 333 g/mol. The summed E-state index contributed by atoms with van der Waals surface area (Å²) < 4.78 is 13.3. The highest BCUT2D eigenvalue weighted by atomic mass is 19.1. The van der Waals surface area contributed by atoms with E-state index in [-0.39, 0.29) is 17.8 Å². The van der Waals surface area contributed by atoms with Crippen LogP contribution in [0.15, 0.2) is 24.3 Å². The fourth-order valence-electron chi connectivity index (χ4n) is 3.87. The van der Waals surface area contributed by atoms with Crippen LogP contribution in [-0.2, 0) is 11.3 Å². The summed E-state index contributed by atoms with van der Waals surface area (Å²) in [6, 6.07) is 7.27. The van der Waals surface area contributed by atoms with Crippen molar-refractivity contribution in [2.24, 2.45) is 0 Å². The number of likely N-dealkylation sites (tertiary alicyclic amines) is 2. The molecule has 0 aromatic heterocycles. The topological polar surface area (TPSA) is 35.6 Å². The van der Waals surface area contributed by atoms with Crippen molar-refractivity contribution in [2.45, 2.75) is 51.2 Å². The Morgan fingerprint density at radius 3 is 2.75 bits per heavy atom. The van der Waals surface area contributed by atoms with Crippen LogP contribution in [0.5, 0.6) is 0 Å². The third-order valence-electron chi connectivity index (χ3n) is 5.08. The van der Waals surface area contributed by atoms with Gasteiger partial charge in [0.25, 0.3) is 0 Å². The molecule has 1 aromatic carbocycles. The van der Waals surface area contributed by atoms with Gasteiger partial charge in [0, 0.05) is 31.6 Å². The Morgan fingerprint density at radius 1 is 1.25 bits per heavy atom. The molecule has 0 saturated carbocycles. The molecule has 2 heterocycles. The Labute approximate surface area is 144 Å². The Bertz CT molecular complexity index is 557. The summed E-state index contributed by atoms with van der Waals surface area (Å²) in [4.78, 5) is 16.6. The number of benzene rings is 1. The van der Waals surface area contributed by atoms with Gasteiger partial charge in [0.05, 0.1) is 0 Å². The lowest BCUT2D eigenvalue weighted by molar-refractivity contribution is -0.128. The van der Waals surface area contributed by atoms with Gasteiger partial charge in [-0.3, -0.25) is 4.79 Å². The van der Waals surface area contributed by atoms with E-state index in [4.69, 9.17) is 0 Å². The number of carbonyl (C=O) groups excluding carboxylic acids is 1. The zero-order valence-corrected chi connectivity index (χ0v) is 14.5. The van der Waals surface area contributed by atoms with E-state index in [2.05, 4.69) is 17.1 Å². The van der Waals surface area contributed by atoms with Gasteiger partial charge in [0.1, 0.15) is 5.82 Å². The van der Waals surface area contributed by atoms with Gasteiger partial charge >= 0.3 is 0 Å². The standard InChI is InChI=1S/C19H28FN3O/c1-2-8-22-9-6-17(7-10-22)21-18-12-19(24)23(14-18)13-15-4-3-5-16(20)11-15/h3-5,11,17-18,21H,2,6-10,12-14H2,1H3. The number of nitrogens with zero attached hydrogens (tertiary/aromatic N) is 2. The number of hydrogen-bond donors (Lipinski definition) is 1. The fourth-order valence-corrected chi connectivity index (χ4v) is 3.87. The van der Waals surface area contributed by atoms with E-state index in [1.54, 1.807) is 6.07 Å². The number of rotatable bonds is 6.